The van der Waals surface area contributed by atoms with Crippen LogP contribution in [0.5, 0.6) is 57.5 Å². The normalized spacial score (nSPS) is 19.6. The van der Waals surface area contributed by atoms with Gasteiger partial charge in [0.15, 0.2) is 23.0 Å². The lowest BCUT2D eigenvalue weighted by molar-refractivity contribution is 0.153. The summed E-state index contributed by atoms with van der Waals surface area (Å²) in [5.41, 5.74) is 2.09. The maximum atomic E-state index is 11.2. The zero-order valence-corrected chi connectivity index (χ0v) is 20.9. The predicted octanol–water partition coefficient (Wildman–Crippen LogP) is 5.05. The molecule has 0 aliphatic carbocycles. The fraction of sp³-hybridized carbons (Fsp3) is 0.200. The van der Waals surface area contributed by atoms with Crippen LogP contribution in [-0.2, 0) is 6.42 Å². The highest BCUT2D eigenvalue weighted by Crippen LogP contribution is 2.57. The van der Waals surface area contributed by atoms with E-state index in [0.717, 1.165) is 6.07 Å². The van der Waals surface area contributed by atoms with E-state index in [1.807, 2.05) is 0 Å². The minimum atomic E-state index is -0.758. The number of aromatic hydroxyl groups is 8. The van der Waals surface area contributed by atoms with E-state index in [0.29, 0.717) is 29.5 Å². The summed E-state index contributed by atoms with van der Waals surface area (Å²) in [5, 5.41) is 82.6. The van der Waals surface area contributed by atoms with Crippen molar-refractivity contribution in [1.82, 2.24) is 0 Å². The van der Waals surface area contributed by atoms with Crippen molar-refractivity contribution in [3.8, 4) is 57.5 Å². The lowest BCUT2D eigenvalue weighted by Gasteiger charge is -2.36. The highest BCUT2D eigenvalue weighted by atomic mass is 16.5. The molecule has 0 fully saturated rings. The molecule has 2 aliphatic heterocycles. The Morgan fingerprint density at radius 1 is 0.550 bits per heavy atom. The van der Waals surface area contributed by atoms with Gasteiger partial charge in [0.05, 0.1) is 0 Å². The summed E-state index contributed by atoms with van der Waals surface area (Å²) in [5.74, 6) is -2.63. The molecule has 2 heterocycles. The van der Waals surface area contributed by atoms with Crippen LogP contribution in [0.15, 0.2) is 54.6 Å². The second kappa shape index (κ2) is 9.26. The molecular formula is C30H26O10. The molecule has 0 saturated heterocycles. The molecule has 8 N–H and O–H groups in total. The minimum Gasteiger partial charge on any atom is -0.508 e. The smallest absolute Gasteiger partial charge is 0.157 e. The van der Waals surface area contributed by atoms with Gasteiger partial charge in [0, 0.05) is 47.2 Å². The Hall–Kier alpha value is -5.12. The summed E-state index contributed by atoms with van der Waals surface area (Å²) in [6.45, 7) is 0. The second-order valence-corrected chi connectivity index (χ2v) is 10.0. The number of hydrogen-bond acceptors (Lipinski definition) is 10. The third kappa shape index (κ3) is 4.14. The lowest BCUT2D eigenvalue weighted by atomic mass is 9.79. The number of hydrogen-bond donors (Lipinski definition) is 8. The number of fused-ring (bicyclic) bond motifs is 2. The minimum absolute atomic E-state index is 0.142. The topological polar surface area (TPSA) is 180 Å². The molecule has 0 bridgehead atoms. The average Bonchev–Trinajstić information content (AvgIpc) is 2.91. The molecule has 0 radical (unpaired) electrons. The van der Waals surface area contributed by atoms with E-state index in [4.69, 9.17) is 9.47 Å². The van der Waals surface area contributed by atoms with Crippen molar-refractivity contribution >= 4 is 0 Å². The highest BCUT2D eigenvalue weighted by molar-refractivity contribution is 5.65. The van der Waals surface area contributed by atoms with Gasteiger partial charge in [-0.3, -0.25) is 0 Å². The molecule has 0 aromatic heterocycles. The molecule has 10 heteroatoms. The second-order valence-electron chi connectivity index (χ2n) is 10.0. The number of benzene rings is 4. The monoisotopic (exact) mass is 546 g/mol. The molecule has 6 rings (SSSR count). The van der Waals surface area contributed by atoms with Crippen molar-refractivity contribution < 1.29 is 50.3 Å². The largest absolute Gasteiger partial charge is 0.508 e. The molecule has 3 atom stereocenters. The first-order valence-electron chi connectivity index (χ1n) is 12.6. The Labute approximate surface area is 227 Å². The third-order valence-corrected chi connectivity index (χ3v) is 7.56. The maximum absolute atomic E-state index is 11.2. The van der Waals surface area contributed by atoms with Crippen molar-refractivity contribution in [3.63, 3.8) is 0 Å². The van der Waals surface area contributed by atoms with Crippen LogP contribution in [0.3, 0.4) is 0 Å². The SMILES string of the molecule is Oc1cc(O)c2c(c1)O[C@H](c1ccc(O)c(O)c1)C[C@H]2c1c(O)cc(O)c2c1O[C@H](c1ccc(O)c(O)c1)CC2. The van der Waals surface area contributed by atoms with Crippen LogP contribution in [0.1, 0.15) is 58.8 Å². The van der Waals surface area contributed by atoms with Gasteiger partial charge in [0.2, 0.25) is 0 Å². The Balaban J connectivity index is 1.50. The van der Waals surface area contributed by atoms with E-state index >= 15 is 0 Å². The first-order valence-corrected chi connectivity index (χ1v) is 12.6. The van der Waals surface area contributed by atoms with E-state index in [-0.39, 0.29) is 75.0 Å². The first-order chi connectivity index (χ1) is 19.1. The number of phenolic OH excluding ortho intramolecular Hbond substituents is 8. The predicted molar refractivity (Wildman–Crippen MR) is 141 cm³/mol. The number of rotatable bonds is 3. The molecule has 10 nitrogen and oxygen atoms in total. The third-order valence-electron chi connectivity index (χ3n) is 7.56. The molecule has 0 unspecified atom stereocenters. The van der Waals surface area contributed by atoms with Crippen molar-refractivity contribution in [2.75, 3.05) is 0 Å². The number of phenols is 8. The fourth-order valence-electron chi connectivity index (χ4n) is 5.64. The quantitative estimate of drug-likeness (QED) is 0.162. The average molecular weight is 547 g/mol. The van der Waals surface area contributed by atoms with Crippen LogP contribution in [0.4, 0.5) is 0 Å². The summed E-state index contributed by atoms with van der Waals surface area (Å²) < 4.78 is 12.5. The van der Waals surface area contributed by atoms with E-state index in [2.05, 4.69) is 0 Å². The molecule has 0 spiro atoms. The lowest BCUT2D eigenvalue weighted by Crippen LogP contribution is -2.23. The molecule has 0 amide bonds. The van der Waals surface area contributed by atoms with Crippen LogP contribution in [0.2, 0.25) is 0 Å². The van der Waals surface area contributed by atoms with Crippen molar-refractivity contribution in [3.05, 3.63) is 82.4 Å². The van der Waals surface area contributed by atoms with Crippen LogP contribution in [0, 0.1) is 0 Å². The molecule has 40 heavy (non-hydrogen) atoms. The Kier molecular flexibility index (Phi) is 5.83. The van der Waals surface area contributed by atoms with Crippen LogP contribution < -0.4 is 9.47 Å². The summed E-state index contributed by atoms with van der Waals surface area (Å²) >= 11 is 0. The van der Waals surface area contributed by atoms with Gasteiger partial charge in [0.25, 0.3) is 0 Å². The van der Waals surface area contributed by atoms with Gasteiger partial charge in [-0.05, 0) is 48.2 Å². The van der Waals surface area contributed by atoms with Gasteiger partial charge in [-0.2, -0.15) is 0 Å². The zero-order chi connectivity index (χ0) is 28.3. The summed E-state index contributed by atoms with van der Waals surface area (Å²) in [6, 6.07) is 12.3. The highest BCUT2D eigenvalue weighted by Gasteiger charge is 2.39. The summed E-state index contributed by atoms with van der Waals surface area (Å²) in [4.78, 5) is 0. The Bertz CT molecular complexity index is 1650. The Morgan fingerprint density at radius 3 is 1.82 bits per heavy atom. The van der Waals surface area contributed by atoms with Crippen LogP contribution in [-0.4, -0.2) is 40.9 Å². The molecule has 4 aromatic carbocycles. The number of ether oxygens (including phenoxy) is 2. The molecular weight excluding hydrogens is 520 g/mol. The zero-order valence-electron chi connectivity index (χ0n) is 20.9. The van der Waals surface area contributed by atoms with Crippen LogP contribution >= 0.6 is 0 Å². The van der Waals surface area contributed by atoms with E-state index < -0.39 is 18.1 Å². The van der Waals surface area contributed by atoms with Crippen molar-refractivity contribution in [2.24, 2.45) is 0 Å². The van der Waals surface area contributed by atoms with Crippen molar-refractivity contribution in [2.45, 2.75) is 37.4 Å². The fourth-order valence-corrected chi connectivity index (χ4v) is 5.64. The molecule has 206 valence electrons. The summed E-state index contributed by atoms with van der Waals surface area (Å²) in [6.07, 6.45) is -0.366. The van der Waals surface area contributed by atoms with Gasteiger partial charge in [-0.25, -0.2) is 0 Å². The van der Waals surface area contributed by atoms with Gasteiger partial charge in [0.1, 0.15) is 46.7 Å². The summed E-state index contributed by atoms with van der Waals surface area (Å²) in [7, 11) is 0. The van der Waals surface area contributed by atoms with Gasteiger partial charge in [-0.1, -0.05) is 12.1 Å². The van der Waals surface area contributed by atoms with E-state index in [9.17, 15) is 40.9 Å². The maximum Gasteiger partial charge on any atom is 0.157 e. The van der Waals surface area contributed by atoms with Gasteiger partial charge < -0.3 is 50.3 Å². The van der Waals surface area contributed by atoms with Crippen LogP contribution in [0.25, 0.3) is 0 Å². The van der Waals surface area contributed by atoms with Gasteiger partial charge in [-0.15, -0.1) is 0 Å². The first kappa shape index (κ1) is 25.2. The molecule has 4 aromatic rings. The van der Waals surface area contributed by atoms with E-state index in [1.54, 1.807) is 12.1 Å². The Morgan fingerprint density at radius 2 is 1.18 bits per heavy atom. The van der Waals surface area contributed by atoms with E-state index in [1.165, 1.54) is 36.4 Å². The molecule has 0 saturated carbocycles. The standard InChI is InChI=1S/C30H26O10/c31-15-9-23(37)28-17(11-26(39-27(28)10-15)14-2-5-19(33)22(36)8-14)29-24(38)12-20(34)16-3-6-25(40-30(16)29)13-1-4-18(32)21(35)7-13/h1-2,4-5,7-10,12,17,25-26,31-38H,3,6,11H2/t17-,25+,26+/m1/s1. The molecule has 2 aliphatic rings. The van der Waals surface area contributed by atoms with Crippen molar-refractivity contribution in [1.29, 1.82) is 0 Å². The van der Waals surface area contributed by atoms with Gasteiger partial charge >= 0.3 is 0 Å².